The van der Waals surface area contributed by atoms with Gasteiger partial charge in [0, 0.05) is 37.0 Å². The predicted octanol–water partition coefficient (Wildman–Crippen LogP) is 3.62. The Balaban J connectivity index is 1.37. The van der Waals surface area contributed by atoms with Crippen LogP contribution < -0.4 is 5.32 Å². The van der Waals surface area contributed by atoms with Crippen LogP contribution in [0.5, 0.6) is 0 Å². The Morgan fingerprint density at radius 1 is 1.14 bits per heavy atom. The largest absolute Gasteiger partial charge is 0.347 e. The van der Waals surface area contributed by atoms with Gasteiger partial charge in [-0.15, -0.1) is 0 Å². The number of rotatable bonds is 8. The molecule has 0 spiro atoms. The van der Waals surface area contributed by atoms with Crippen LogP contribution in [0.3, 0.4) is 0 Å². The van der Waals surface area contributed by atoms with Crippen LogP contribution in [0.1, 0.15) is 29.6 Å². The van der Waals surface area contributed by atoms with Crippen LogP contribution in [0.25, 0.3) is 11.4 Å². The number of aryl methyl sites for hydroxylation is 1. The van der Waals surface area contributed by atoms with E-state index in [1.807, 2.05) is 35.7 Å². The van der Waals surface area contributed by atoms with E-state index >= 15 is 0 Å². The lowest BCUT2D eigenvalue weighted by atomic mass is 10.0. The molecule has 4 heterocycles. The maximum Gasteiger partial charge on any atom is 0.227 e. The van der Waals surface area contributed by atoms with Gasteiger partial charge in [0.1, 0.15) is 0 Å². The molecule has 1 atom stereocenters. The van der Waals surface area contributed by atoms with Crippen LogP contribution in [-0.2, 0) is 17.6 Å². The molecular formula is C21H19N5O2S. The van der Waals surface area contributed by atoms with Crippen molar-refractivity contribution in [1.29, 1.82) is 0 Å². The van der Waals surface area contributed by atoms with Crippen molar-refractivity contribution in [2.75, 3.05) is 0 Å². The van der Waals surface area contributed by atoms with Crippen LogP contribution >= 0.6 is 11.3 Å². The minimum Gasteiger partial charge on any atom is -0.347 e. The summed E-state index contributed by atoms with van der Waals surface area (Å²) in [5.74, 6) is 0.838. The SMILES string of the molecule is O=C(CCc1nc(-c2ccncc2)no1)N[C@H](Cc1ccsc1)c1ccccn1. The normalized spacial score (nSPS) is 11.9. The van der Waals surface area contributed by atoms with Gasteiger partial charge in [0.05, 0.1) is 11.7 Å². The molecular weight excluding hydrogens is 386 g/mol. The predicted molar refractivity (Wildman–Crippen MR) is 109 cm³/mol. The number of carbonyl (C=O) groups is 1. The number of hydrogen-bond donors (Lipinski definition) is 1. The molecule has 8 heteroatoms. The minimum atomic E-state index is -0.187. The first-order valence-corrected chi connectivity index (χ1v) is 10.2. The van der Waals surface area contributed by atoms with Gasteiger partial charge < -0.3 is 9.84 Å². The standard InChI is InChI=1S/C21H19N5O2S/c27-19(4-5-20-25-21(26-28-20)16-6-10-22-11-7-16)24-18(13-15-8-12-29-14-15)17-3-1-2-9-23-17/h1-3,6-12,14,18H,4-5,13H2,(H,24,27)/t18-/m1/s1. The quantitative estimate of drug-likeness (QED) is 0.481. The van der Waals surface area contributed by atoms with E-state index in [0.717, 1.165) is 11.3 Å². The van der Waals surface area contributed by atoms with E-state index in [1.54, 1.807) is 29.9 Å². The molecule has 0 bridgehead atoms. The molecule has 0 aliphatic carbocycles. The number of carbonyl (C=O) groups excluding carboxylic acids is 1. The average molecular weight is 405 g/mol. The second-order valence-electron chi connectivity index (χ2n) is 6.46. The Labute approximate surface area is 171 Å². The highest BCUT2D eigenvalue weighted by Gasteiger charge is 2.18. The molecule has 0 aliphatic heterocycles. The highest BCUT2D eigenvalue weighted by atomic mass is 32.1. The maximum atomic E-state index is 12.6. The summed E-state index contributed by atoms with van der Waals surface area (Å²) in [7, 11) is 0. The number of nitrogens with zero attached hydrogens (tertiary/aromatic N) is 4. The monoisotopic (exact) mass is 405 g/mol. The minimum absolute atomic E-state index is 0.0838. The summed E-state index contributed by atoms with van der Waals surface area (Å²) in [6.07, 6.45) is 6.40. The molecule has 0 saturated heterocycles. The molecule has 4 aromatic rings. The first-order chi connectivity index (χ1) is 14.3. The van der Waals surface area contributed by atoms with Gasteiger partial charge in [-0.1, -0.05) is 11.2 Å². The molecule has 146 valence electrons. The van der Waals surface area contributed by atoms with Gasteiger partial charge in [0.15, 0.2) is 0 Å². The zero-order valence-electron chi connectivity index (χ0n) is 15.6. The van der Waals surface area contributed by atoms with Crippen LogP contribution in [0, 0.1) is 0 Å². The second kappa shape index (κ2) is 9.20. The lowest BCUT2D eigenvalue weighted by Crippen LogP contribution is -2.30. The summed E-state index contributed by atoms with van der Waals surface area (Å²) in [6, 6.07) is 11.2. The summed E-state index contributed by atoms with van der Waals surface area (Å²) in [6.45, 7) is 0. The summed E-state index contributed by atoms with van der Waals surface area (Å²) >= 11 is 1.64. The molecule has 29 heavy (non-hydrogen) atoms. The van der Waals surface area contributed by atoms with Crippen molar-refractivity contribution < 1.29 is 9.32 Å². The highest BCUT2D eigenvalue weighted by molar-refractivity contribution is 7.07. The van der Waals surface area contributed by atoms with E-state index in [9.17, 15) is 4.79 Å². The Bertz CT molecular complexity index is 1040. The first kappa shape index (κ1) is 18.9. The van der Waals surface area contributed by atoms with E-state index in [4.69, 9.17) is 4.52 Å². The fourth-order valence-electron chi connectivity index (χ4n) is 2.92. The van der Waals surface area contributed by atoms with E-state index in [1.165, 1.54) is 5.56 Å². The van der Waals surface area contributed by atoms with Crippen LogP contribution in [0.15, 0.2) is 70.3 Å². The highest BCUT2D eigenvalue weighted by Crippen LogP contribution is 2.19. The molecule has 0 radical (unpaired) electrons. The zero-order chi connectivity index (χ0) is 19.9. The Kier molecular flexibility index (Phi) is 6.01. The topological polar surface area (TPSA) is 93.8 Å². The molecule has 7 nitrogen and oxygen atoms in total. The molecule has 0 aromatic carbocycles. The van der Waals surface area contributed by atoms with Crippen LogP contribution in [-0.4, -0.2) is 26.0 Å². The third-order valence-corrected chi connectivity index (χ3v) is 5.10. The number of thiophene rings is 1. The average Bonchev–Trinajstić information content (AvgIpc) is 3.45. The van der Waals surface area contributed by atoms with E-state index < -0.39 is 0 Å². The molecule has 4 aromatic heterocycles. The number of pyridine rings is 2. The molecule has 0 saturated carbocycles. The molecule has 1 amide bonds. The van der Waals surface area contributed by atoms with Crippen molar-refractivity contribution in [2.24, 2.45) is 0 Å². The Hall–Kier alpha value is -3.39. The number of hydrogen-bond acceptors (Lipinski definition) is 7. The van der Waals surface area contributed by atoms with Gasteiger partial charge >= 0.3 is 0 Å². The molecule has 1 N–H and O–H groups in total. The summed E-state index contributed by atoms with van der Waals surface area (Å²) in [5.41, 5.74) is 2.83. The number of amides is 1. The van der Waals surface area contributed by atoms with Crippen LogP contribution in [0.2, 0.25) is 0 Å². The van der Waals surface area contributed by atoms with Crippen molar-refractivity contribution in [2.45, 2.75) is 25.3 Å². The second-order valence-corrected chi connectivity index (χ2v) is 7.24. The Morgan fingerprint density at radius 3 is 2.79 bits per heavy atom. The van der Waals surface area contributed by atoms with Crippen molar-refractivity contribution in [1.82, 2.24) is 25.4 Å². The molecule has 0 fully saturated rings. The van der Waals surface area contributed by atoms with Gasteiger partial charge in [-0.05, 0) is 53.1 Å². The fourth-order valence-corrected chi connectivity index (χ4v) is 3.60. The Morgan fingerprint density at radius 2 is 2.03 bits per heavy atom. The van der Waals surface area contributed by atoms with Crippen molar-refractivity contribution in [3.05, 3.63) is 82.9 Å². The third kappa shape index (κ3) is 5.11. The first-order valence-electron chi connectivity index (χ1n) is 9.22. The molecule has 4 rings (SSSR count). The van der Waals surface area contributed by atoms with Gasteiger partial charge in [-0.3, -0.25) is 14.8 Å². The number of nitrogens with one attached hydrogen (secondary N) is 1. The van der Waals surface area contributed by atoms with Crippen molar-refractivity contribution in [3.63, 3.8) is 0 Å². The van der Waals surface area contributed by atoms with Crippen LogP contribution in [0.4, 0.5) is 0 Å². The zero-order valence-corrected chi connectivity index (χ0v) is 16.4. The fraction of sp³-hybridized carbons (Fsp3) is 0.190. The van der Waals surface area contributed by atoms with Gasteiger partial charge in [-0.2, -0.15) is 16.3 Å². The third-order valence-electron chi connectivity index (χ3n) is 4.37. The summed E-state index contributed by atoms with van der Waals surface area (Å²) in [5, 5.41) is 11.2. The van der Waals surface area contributed by atoms with E-state index in [2.05, 4.69) is 36.9 Å². The van der Waals surface area contributed by atoms with E-state index in [-0.39, 0.29) is 18.4 Å². The van der Waals surface area contributed by atoms with Crippen molar-refractivity contribution in [3.8, 4) is 11.4 Å². The maximum absolute atomic E-state index is 12.6. The lowest BCUT2D eigenvalue weighted by molar-refractivity contribution is -0.121. The summed E-state index contributed by atoms with van der Waals surface area (Å²) < 4.78 is 5.27. The van der Waals surface area contributed by atoms with Gasteiger partial charge in [0.2, 0.25) is 17.6 Å². The summed E-state index contributed by atoms with van der Waals surface area (Å²) in [4.78, 5) is 25.3. The lowest BCUT2D eigenvalue weighted by Gasteiger charge is -2.17. The van der Waals surface area contributed by atoms with E-state index in [0.29, 0.717) is 24.6 Å². The smallest absolute Gasteiger partial charge is 0.227 e. The van der Waals surface area contributed by atoms with Gasteiger partial charge in [0.25, 0.3) is 0 Å². The number of aromatic nitrogens is 4. The molecule has 0 unspecified atom stereocenters. The van der Waals surface area contributed by atoms with Crippen molar-refractivity contribution >= 4 is 17.2 Å². The molecule has 0 aliphatic rings. The van der Waals surface area contributed by atoms with Gasteiger partial charge in [-0.25, -0.2) is 0 Å².